The van der Waals surface area contributed by atoms with E-state index >= 15 is 0 Å². The second-order valence-electron chi connectivity index (χ2n) is 8.69. The molecule has 2 amide bonds. The predicted molar refractivity (Wildman–Crippen MR) is 110 cm³/mol. The van der Waals surface area contributed by atoms with Crippen molar-refractivity contribution < 1.29 is 14.3 Å². The van der Waals surface area contributed by atoms with Crippen LogP contribution in [0.5, 0.6) is 0 Å². The van der Waals surface area contributed by atoms with Crippen LogP contribution in [0, 0.1) is 5.41 Å². The Hall–Kier alpha value is -0.530. The molecule has 146 valence electrons. The van der Waals surface area contributed by atoms with Gasteiger partial charge in [-0.05, 0) is 0 Å². The van der Waals surface area contributed by atoms with Gasteiger partial charge in [0.15, 0.2) is 0 Å². The van der Waals surface area contributed by atoms with Crippen molar-refractivity contribution in [2.24, 2.45) is 5.41 Å². The van der Waals surface area contributed by atoms with Gasteiger partial charge >= 0.3 is 160 Å². The third-order valence-electron chi connectivity index (χ3n) is 4.97. The zero-order chi connectivity index (χ0) is 18.5. The van der Waals surface area contributed by atoms with Gasteiger partial charge in [-0.2, -0.15) is 0 Å². The van der Waals surface area contributed by atoms with Gasteiger partial charge in [0.05, 0.1) is 0 Å². The Labute approximate surface area is 159 Å². The third kappa shape index (κ3) is 6.94. The summed E-state index contributed by atoms with van der Waals surface area (Å²) < 4.78 is 6.69. The SMILES string of the molecule is CC1(CNC(=O)I2CCCCCCC2NC(=O)OC(C)(C)C)CCC1. The van der Waals surface area contributed by atoms with E-state index in [0.717, 1.165) is 30.2 Å². The zero-order valence-corrected chi connectivity index (χ0v) is 18.4. The van der Waals surface area contributed by atoms with Crippen molar-refractivity contribution in [2.75, 3.05) is 11.0 Å². The van der Waals surface area contributed by atoms with Crippen LogP contribution in [0.25, 0.3) is 0 Å². The number of rotatable bonds is 4. The van der Waals surface area contributed by atoms with Gasteiger partial charge < -0.3 is 0 Å². The first kappa shape index (κ1) is 20.8. The number of hydrogen-bond donors (Lipinski definition) is 2. The first-order valence-electron chi connectivity index (χ1n) is 9.60. The van der Waals surface area contributed by atoms with Crippen LogP contribution in [0.15, 0.2) is 0 Å². The normalized spacial score (nSPS) is 25.1. The minimum atomic E-state index is -1.98. The van der Waals surface area contributed by atoms with Gasteiger partial charge in [0.2, 0.25) is 0 Å². The molecule has 0 aromatic rings. The molecule has 1 aliphatic heterocycles. The van der Waals surface area contributed by atoms with E-state index in [9.17, 15) is 9.59 Å². The van der Waals surface area contributed by atoms with Crippen molar-refractivity contribution in [2.45, 2.75) is 88.7 Å². The molecule has 25 heavy (non-hydrogen) atoms. The van der Waals surface area contributed by atoms with Crippen LogP contribution in [0.3, 0.4) is 0 Å². The molecule has 1 saturated heterocycles. The van der Waals surface area contributed by atoms with Gasteiger partial charge in [0, 0.05) is 0 Å². The fourth-order valence-electron chi connectivity index (χ4n) is 3.28. The van der Waals surface area contributed by atoms with E-state index in [4.69, 9.17) is 4.74 Å². The van der Waals surface area contributed by atoms with Gasteiger partial charge in [-0.3, -0.25) is 0 Å². The number of alkyl carbamates (subject to hydrolysis) is 1. The summed E-state index contributed by atoms with van der Waals surface area (Å²) in [5, 5.41) is 6.28. The number of hydrogen-bond acceptors (Lipinski definition) is 3. The molecule has 2 N–H and O–H groups in total. The van der Waals surface area contributed by atoms with Gasteiger partial charge in [-0.1, -0.05) is 0 Å². The fourth-order valence-corrected chi connectivity index (χ4v) is 9.07. The Morgan fingerprint density at radius 1 is 1.12 bits per heavy atom. The summed E-state index contributed by atoms with van der Waals surface area (Å²) in [6.07, 6.45) is 8.82. The molecule has 1 unspecified atom stereocenters. The molecule has 0 bridgehead atoms. The second kappa shape index (κ2) is 8.91. The summed E-state index contributed by atoms with van der Waals surface area (Å²) in [6.45, 7) is 8.65. The van der Waals surface area contributed by atoms with E-state index in [2.05, 4.69) is 17.6 Å². The second-order valence-corrected chi connectivity index (χ2v) is 14.5. The van der Waals surface area contributed by atoms with E-state index in [0.29, 0.717) is 5.41 Å². The summed E-state index contributed by atoms with van der Waals surface area (Å²) in [5.41, 5.74) is -0.214. The van der Waals surface area contributed by atoms with E-state index in [1.165, 1.54) is 32.1 Å². The quantitative estimate of drug-likeness (QED) is 0.259. The molecule has 0 radical (unpaired) electrons. The van der Waals surface area contributed by atoms with Crippen molar-refractivity contribution in [1.82, 2.24) is 10.6 Å². The van der Waals surface area contributed by atoms with Gasteiger partial charge in [0.1, 0.15) is 0 Å². The molecule has 0 aromatic carbocycles. The van der Waals surface area contributed by atoms with Crippen LogP contribution in [0.1, 0.15) is 79.1 Å². The number of ether oxygens (including phenoxy) is 1. The molecule has 1 aliphatic carbocycles. The van der Waals surface area contributed by atoms with Crippen molar-refractivity contribution in [3.63, 3.8) is 0 Å². The predicted octanol–water partition coefficient (Wildman–Crippen LogP) is 5.21. The minimum absolute atomic E-state index is 0.0218. The van der Waals surface area contributed by atoms with E-state index in [-0.39, 0.29) is 14.1 Å². The Balaban J connectivity index is 1.95. The Morgan fingerprint density at radius 2 is 1.80 bits per heavy atom. The molecule has 6 heteroatoms. The molecule has 0 spiro atoms. The molecule has 2 fully saturated rings. The van der Waals surface area contributed by atoms with Crippen LogP contribution in [-0.2, 0) is 4.74 Å². The molecule has 1 atom stereocenters. The number of carbonyl (C=O) groups is 2. The Kier molecular flexibility index (Phi) is 7.40. The number of alkyl halides is 2. The molecule has 1 saturated carbocycles. The summed E-state index contributed by atoms with van der Waals surface area (Å²) in [4.78, 5) is 25.1. The molecule has 2 rings (SSSR count). The molecule has 0 aromatic heterocycles. The molecular formula is C19H35IN2O3. The van der Waals surface area contributed by atoms with Crippen LogP contribution in [0.4, 0.5) is 9.59 Å². The summed E-state index contributed by atoms with van der Waals surface area (Å²) in [6, 6.07) is 0. The summed E-state index contributed by atoms with van der Waals surface area (Å²) in [5.74, 6) is 0. The Bertz CT molecular complexity index is 472. The maximum absolute atomic E-state index is 12.9. The first-order chi connectivity index (χ1) is 11.7. The third-order valence-corrected chi connectivity index (χ3v) is 11.3. The number of carbonyl (C=O) groups excluding carboxylic acids is 2. The number of amides is 2. The van der Waals surface area contributed by atoms with E-state index in [1.54, 1.807) is 0 Å². The van der Waals surface area contributed by atoms with E-state index < -0.39 is 25.4 Å². The van der Waals surface area contributed by atoms with Crippen LogP contribution in [0.2, 0.25) is 0 Å². The van der Waals surface area contributed by atoms with Crippen LogP contribution >= 0.6 is 19.8 Å². The average Bonchev–Trinajstić information content (AvgIpc) is 2.44. The molecule has 2 aliphatic rings. The average molecular weight is 466 g/mol. The first-order valence-corrected chi connectivity index (χ1v) is 13.5. The molecular weight excluding hydrogens is 431 g/mol. The van der Waals surface area contributed by atoms with Crippen molar-refractivity contribution in [3.05, 3.63) is 0 Å². The van der Waals surface area contributed by atoms with Crippen LogP contribution < -0.4 is 10.6 Å². The van der Waals surface area contributed by atoms with Gasteiger partial charge in [-0.15, -0.1) is 0 Å². The zero-order valence-electron chi connectivity index (χ0n) is 16.3. The molecule has 5 nitrogen and oxygen atoms in total. The summed E-state index contributed by atoms with van der Waals surface area (Å²) in [7, 11) is 0. The molecule has 1 heterocycles. The topological polar surface area (TPSA) is 67.4 Å². The fraction of sp³-hybridized carbons (Fsp3) is 0.895. The Morgan fingerprint density at radius 3 is 2.40 bits per heavy atom. The summed E-state index contributed by atoms with van der Waals surface area (Å²) >= 11 is -1.98. The number of nitrogens with one attached hydrogen (secondary N) is 2. The van der Waals surface area contributed by atoms with E-state index in [1.807, 2.05) is 20.8 Å². The van der Waals surface area contributed by atoms with Gasteiger partial charge in [-0.25, -0.2) is 0 Å². The monoisotopic (exact) mass is 466 g/mol. The van der Waals surface area contributed by atoms with Crippen molar-refractivity contribution in [1.29, 1.82) is 0 Å². The number of halogens is 1. The van der Waals surface area contributed by atoms with Gasteiger partial charge in [0.25, 0.3) is 0 Å². The maximum atomic E-state index is 12.9. The van der Waals surface area contributed by atoms with Crippen LogP contribution in [-0.4, -0.2) is 30.6 Å². The van der Waals surface area contributed by atoms with Crippen molar-refractivity contribution in [3.8, 4) is 0 Å². The van der Waals surface area contributed by atoms with Crippen molar-refractivity contribution >= 4 is 29.8 Å². The standard InChI is InChI=1S/C19H35IN2O3/c1-18(2,3)25-17(24)22-15-10-7-5-6-8-13-20(15)16(23)21-14-19(4)11-9-12-19/h15H,5-14H2,1-4H3,(H,21,23)(H,22,24).